The Morgan fingerprint density at radius 2 is 2.00 bits per heavy atom. The first-order valence-electron chi connectivity index (χ1n) is 6.24. The van der Waals surface area contributed by atoms with Crippen LogP contribution in [0.25, 0.3) is 0 Å². The number of benzene rings is 1. The molecule has 0 unspecified atom stereocenters. The Balaban J connectivity index is 2.67. The fraction of sp³-hybridized carbons (Fsp3) is 0.176. The zero-order valence-electron chi connectivity index (χ0n) is 11.9. The molecule has 0 saturated carbocycles. The second-order valence-corrected chi connectivity index (χ2v) is 5.13. The summed E-state index contributed by atoms with van der Waals surface area (Å²) in [6, 6.07) is 7.93. The van der Waals surface area contributed by atoms with Gasteiger partial charge in [-0.1, -0.05) is 43.5 Å². The van der Waals surface area contributed by atoms with Crippen LogP contribution in [0.2, 0.25) is 0 Å². The molecule has 106 valence electrons. The van der Waals surface area contributed by atoms with Crippen molar-refractivity contribution in [1.82, 2.24) is 0 Å². The van der Waals surface area contributed by atoms with Gasteiger partial charge in [0.05, 0.1) is 7.11 Å². The van der Waals surface area contributed by atoms with Crippen LogP contribution in [-0.2, 0) is 0 Å². The Hall–Kier alpha value is -1.87. The summed E-state index contributed by atoms with van der Waals surface area (Å²) < 4.78 is 5.32. The number of hydrogen-bond donors (Lipinski definition) is 1. The van der Waals surface area contributed by atoms with Gasteiger partial charge >= 0.3 is 0 Å². The topological polar surface area (TPSA) is 29.5 Å². The van der Waals surface area contributed by atoms with E-state index < -0.39 is 0 Å². The molecule has 0 fully saturated rings. The second kappa shape index (κ2) is 8.33. The predicted molar refractivity (Wildman–Crippen MR) is 87.5 cm³/mol. The van der Waals surface area contributed by atoms with Crippen molar-refractivity contribution in [2.24, 2.45) is 0 Å². The van der Waals surface area contributed by atoms with Crippen molar-refractivity contribution in [1.29, 1.82) is 0 Å². The number of allylic oxidation sites excluding steroid dienone is 3. The lowest BCUT2D eigenvalue weighted by atomic mass is 10.2. The van der Waals surface area contributed by atoms with Gasteiger partial charge < -0.3 is 9.84 Å². The average molecular weight is 288 g/mol. The van der Waals surface area contributed by atoms with Crippen molar-refractivity contribution in [3.8, 4) is 5.75 Å². The molecule has 0 atom stereocenters. The first-order valence-corrected chi connectivity index (χ1v) is 7.23. The van der Waals surface area contributed by atoms with Crippen LogP contribution < -0.4 is 4.74 Å². The summed E-state index contributed by atoms with van der Waals surface area (Å²) >= 11 is 1.71. The third-order valence-corrected chi connectivity index (χ3v) is 3.83. The summed E-state index contributed by atoms with van der Waals surface area (Å²) in [7, 11) is 1.67. The highest BCUT2D eigenvalue weighted by Gasteiger charge is 2.03. The zero-order chi connectivity index (χ0) is 15.0. The lowest BCUT2D eigenvalue weighted by Gasteiger charge is -2.08. The van der Waals surface area contributed by atoms with E-state index in [2.05, 4.69) is 13.2 Å². The minimum atomic E-state index is -0.00548. The van der Waals surface area contributed by atoms with Gasteiger partial charge in [0.15, 0.2) is 0 Å². The van der Waals surface area contributed by atoms with Gasteiger partial charge in [-0.15, -0.1) is 11.8 Å². The normalized spacial score (nSPS) is 11.6. The van der Waals surface area contributed by atoms with Crippen molar-refractivity contribution >= 4 is 11.8 Å². The molecule has 0 spiro atoms. The Morgan fingerprint density at radius 3 is 2.60 bits per heavy atom. The molecule has 1 N–H and O–H groups in total. The van der Waals surface area contributed by atoms with Crippen molar-refractivity contribution in [3.63, 3.8) is 0 Å². The molecule has 0 amide bonds. The molecule has 1 aromatic carbocycles. The van der Waals surface area contributed by atoms with E-state index in [4.69, 9.17) is 4.74 Å². The number of aliphatic hydroxyl groups is 1. The van der Waals surface area contributed by atoms with Crippen molar-refractivity contribution in [2.45, 2.75) is 11.8 Å². The number of thioether (sulfide) groups is 1. The maximum atomic E-state index is 9.20. The van der Waals surface area contributed by atoms with Crippen LogP contribution in [-0.4, -0.2) is 18.0 Å². The number of rotatable bonds is 7. The van der Waals surface area contributed by atoms with Crippen molar-refractivity contribution < 1.29 is 9.84 Å². The lowest BCUT2D eigenvalue weighted by molar-refractivity contribution is 0.405. The van der Waals surface area contributed by atoms with Crippen LogP contribution in [0.1, 0.15) is 6.92 Å². The van der Waals surface area contributed by atoms with Crippen LogP contribution in [0.4, 0.5) is 0 Å². The first-order chi connectivity index (χ1) is 9.58. The van der Waals surface area contributed by atoms with Crippen LogP contribution in [0.3, 0.4) is 0 Å². The molecule has 0 aromatic heterocycles. The largest absolute Gasteiger partial charge is 0.508 e. The highest BCUT2D eigenvalue weighted by Crippen LogP contribution is 2.30. The molecule has 0 aliphatic carbocycles. The molecule has 3 heteroatoms. The maximum absolute atomic E-state index is 9.20. The van der Waals surface area contributed by atoms with Gasteiger partial charge in [0.2, 0.25) is 0 Å². The van der Waals surface area contributed by atoms with Crippen molar-refractivity contribution in [2.75, 3.05) is 12.9 Å². The summed E-state index contributed by atoms with van der Waals surface area (Å²) in [5, 5.41) is 9.20. The molecule has 0 radical (unpaired) electrons. The van der Waals surface area contributed by atoms with Crippen LogP contribution >= 0.6 is 11.8 Å². The van der Waals surface area contributed by atoms with Gasteiger partial charge in [0.25, 0.3) is 0 Å². The molecule has 0 aliphatic heterocycles. The quantitative estimate of drug-likeness (QED) is 0.439. The smallest absolute Gasteiger partial charge is 0.132 e. The van der Waals surface area contributed by atoms with E-state index in [9.17, 15) is 5.11 Å². The van der Waals surface area contributed by atoms with Gasteiger partial charge in [-0.3, -0.25) is 0 Å². The maximum Gasteiger partial charge on any atom is 0.132 e. The number of para-hydroxylation sites is 1. The van der Waals surface area contributed by atoms with E-state index in [1.54, 1.807) is 24.9 Å². The molecular weight excluding hydrogens is 268 g/mol. The Labute approximate surface area is 125 Å². The highest BCUT2D eigenvalue weighted by molar-refractivity contribution is 7.99. The van der Waals surface area contributed by atoms with E-state index in [1.165, 1.54) is 0 Å². The number of methoxy groups -OCH3 is 1. The number of hydrogen-bond acceptors (Lipinski definition) is 3. The molecule has 1 rings (SSSR count). The first kappa shape index (κ1) is 16.2. The monoisotopic (exact) mass is 288 g/mol. The van der Waals surface area contributed by atoms with Crippen molar-refractivity contribution in [3.05, 3.63) is 72.6 Å². The Bertz CT molecular complexity index is 542. The third-order valence-electron chi connectivity index (χ3n) is 2.70. The van der Waals surface area contributed by atoms with Gasteiger partial charge in [0, 0.05) is 16.2 Å². The molecular formula is C17H20O2S. The number of aliphatic hydroxyl groups excluding tert-OH is 1. The molecule has 2 nitrogen and oxygen atoms in total. The fourth-order valence-electron chi connectivity index (χ4n) is 1.43. The summed E-state index contributed by atoms with van der Waals surface area (Å²) in [6.07, 6.45) is 5.74. The minimum absolute atomic E-state index is 0.00548. The third kappa shape index (κ3) is 5.02. The van der Waals surface area contributed by atoms with Crippen LogP contribution in [0.15, 0.2) is 77.5 Å². The predicted octanol–water partition coefficient (Wildman–Crippen LogP) is 4.92. The summed E-state index contributed by atoms with van der Waals surface area (Å²) in [5.41, 5.74) is 1.66. The summed E-state index contributed by atoms with van der Waals surface area (Å²) in [5.74, 6) is 1.69. The standard InChI is InChI=1S/C17H20O2S/c1-5-15(11-10-13(2)14(3)18)12-20-17-9-7-6-8-16(17)19-4/h5-11,18H,2-3,12H2,1,4H3/b11-10-,15-5+. The Kier molecular flexibility index (Phi) is 6.74. The van der Waals surface area contributed by atoms with E-state index in [0.717, 1.165) is 22.0 Å². The SMILES string of the molecule is C=C(O)C(=C)/C=C\C(=C/C)CSc1ccccc1OC. The zero-order valence-corrected chi connectivity index (χ0v) is 12.7. The molecule has 20 heavy (non-hydrogen) atoms. The number of ether oxygens (including phenoxy) is 1. The molecule has 0 heterocycles. The minimum Gasteiger partial charge on any atom is -0.508 e. The van der Waals surface area contributed by atoms with Crippen LogP contribution in [0.5, 0.6) is 5.75 Å². The fourth-order valence-corrected chi connectivity index (χ4v) is 2.48. The van der Waals surface area contributed by atoms with E-state index in [0.29, 0.717) is 5.57 Å². The molecule has 0 saturated heterocycles. The average Bonchev–Trinajstić information content (AvgIpc) is 2.47. The van der Waals surface area contributed by atoms with Crippen LogP contribution in [0, 0.1) is 0 Å². The van der Waals surface area contributed by atoms with Gasteiger partial charge in [-0.05, 0) is 24.6 Å². The lowest BCUT2D eigenvalue weighted by Crippen LogP contribution is -1.89. The van der Waals surface area contributed by atoms with E-state index >= 15 is 0 Å². The van der Waals surface area contributed by atoms with Gasteiger partial charge in [0.1, 0.15) is 11.5 Å². The second-order valence-electron chi connectivity index (χ2n) is 4.11. The van der Waals surface area contributed by atoms with E-state index in [1.807, 2.05) is 43.3 Å². The molecule has 0 bridgehead atoms. The highest BCUT2D eigenvalue weighted by atomic mass is 32.2. The molecule has 1 aromatic rings. The summed E-state index contributed by atoms with van der Waals surface area (Å²) in [6.45, 7) is 9.14. The van der Waals surface area contributed by atoms with Gasteiger partial charge in [-0.2, -0.15) is 0 Å². The van der Waals surface area contributed by atoms with E-state index in [-0.39, 0.29) is 5.76 Å². The van der Waals surface area contributed by atoms with Gasteiger partial charge in [-0.25, -0.2) is 0 Å². The molecule has 0 aliphatic rings. The Morgan fingerprint density at radius 1 is 1.30 bits per heavy atom. The summed E-state index contributed by atoms with van der Waals surface area (Å²) in [4.78, 5) is 1.10.